The van der Waals surface area contributed by atoms with Crippen molar-refractivity contribution in [1.29, 1.82) is 0 Å². The summed E-state index contributed by atoms with van der Waals surface area (Å²) >= 11 is 0. The SMILES string of the molecule is CC1(C)COCCN1c1ccc(N)c2cnccc12. The first kappa shape index (κ1) is 12.2. The van der Waals surface area contributed by atoms with Gasteiger partial charge >= 0.3 is 0 Å². The summed E-state index contributed by atoms with van der Waals surface area (Å²) in [4.78, 5) is 6.57. The summed E-state index contributed by atoms with van der Waals surface area (Å²) in [5, 5.41) is 2.17. The standard InChI is InChI=1S/C15H19N3O/c1-15(2)10-19-8-7-18(15)14-4-3-13(16)12-9-17-6-5-11(12)14/h3-6,9H,7-8,10,16H2,1-2H3. The van der Waals surface area contributed by atoms with E-state index in [4.69, 9.17) is 10.5 Å². The quantitative estimate of drug-likeness (QED) is 0.797. The number of pyridine rings is 1. The Hall–Kier alpha value is -1.81. The number of anilines is 2. The van der Waals surface area contributed by atoms with Crippen LogP contribution in [-0.2, 0) is 4.74 Å². The zero-order chi connectivity index (χ0) is 13.5. The molecule has 1 saturated heterocycles. The van der Waals surface area contributed by atoms with Gasteiger partial charge in [0.05, 0.1) is 18.8 Å². The van der Waals surface area contributed by atoms with E-state index in [1.54, 1.807) is 0 Å². The molecule has 3 rings (SSSR count). The fraction of sp³-hybridized carbons (Fsp3) is 0.400. The number of ether oxygens (including phenoxy) is 1. The van der Waals surface area contributed by atoms with E-state index in [0.29, 0.717) is 0 Å². The molecule has 0 bridgehead atoms. The van der Waals surface area contributed by atoms with Crippen molar-refractivity contribution in [1.82, 2.24) is 4.98 Å². The first-order valence-corrected chi connectivity index (χ1v) is 6.57. The zero-order valence-electron chi connectivity index (χ0n) is 11.4. The molecule has 1 fully saturated rings. The van der Waals surface area contributed by atoms with Crippen LogP contribution in [0, 0.1) is 0 Å². The van der Waals surface area contributed by atoms with Crippen LogP contribution in [0.3, 0.4) is 0 Å². The van der Waals surface area contributed by atoms with Crippen LogP contribution in [0.1, 0.15) is 13.8 Å². The van der Waals surface area contributed by atoms with Crippen LogP contribution in [0.2, 0.25) is 0 Å². The largest absolute Gasteiger partial charge is 0.398 e. The van der Waals surface area contributed by atoms with Crippen molar-refractivity contribution >= 4 is 22.1 Å². The summed E-state index contributed by atoms with van der Waals surface area (Å²) in [7, 11) is 0. The number of rotatable bonds is 1. The molecule has 1 aromatic carbocycles. The van der Waals surface area contributed by atoms with Crippen molar-refractivity contribution in [2.75, 3.05) is 30.4 Å². The lowest BCUT2D eigenvalue weighted by atomic mass is 9.99. The Kier molecular flexibility index (Phi) is 2.82. The van der Waals surface area contributed by atoms with Crippen molar-refractivity contribution in [3.63, 3.8) is 0 Å². The molecule has 100 valence electrons. The first-order valence-electron chi connectivity index (χ1n) is 6.57. The molecule has 0 aliphatic carbocycles. The summed E-state index contributed by atoms with van der Waals surface area (Å²) in [6, 6.07) is 6.10. The highest BCUT2D eigenvalue weighted by atomic mass is 16.5. The molecular formula is C15H19N3O. The molecule has 0 spiro atoms. The molecule has 4 nitrogen and oxygen atoms in total. The van der Waals surface area contributed by atoms with Gasteiger partial charge in [0.1, 0.15) is 0 Å². The molecule has 1 aliphatic heterocycles. The van der Waals surface area contributed by atoms with Gasteiger partial charge < -0.3 is 15.4 Å². The number of nitrogen functional groups attached to an aromatic ring is 1. The zero-order valence-corrected chi connectivity index (χ0v) is 11.4. The van der Waals surface area contributed by atoms with Crippen molar-refractivity contribution < 1.29 is 4.74 Å². The van der Waals surface area contributed by atoms with Gasteiger partial charge in [-0.1, -0.05) is 0 Å². The second-order valence-corrected chi connectivity index (χ2v) is 5.61. The van der Waals surface area contributed by atoms with Crippen LogP contribution < -0.4 is 10.6 Å². The maximum atomic E-state index is 6.04. The Morgan fingerprint density at radius 2 is 2.11 bits per heavy atom. The van der Waals surface area contributed by atoms with E-state index >= 15 is 0 Å². The van der Waals surface area contributed by atoms with Crippen LogP contribution >= 0.6 is 0 Å². The molecule has 0 atom stereocenters. The van der Waals surface area contributed by atoms with Gasteiger partial charge in [-0.3, -0.25) is 4.98 Å². The molecule has 0 saturated carbocycles. The third kappa shape index (κ3) is 2.02. The normalized spacial score (nSPS) is 18.7. The molecule has 1 aromatic heterocycles. The number of nitrogens with zero attached hydrogens (tertiary/aromatic N) is 2. The van der Waals surface area contributed by atoms with E-state index in [-0.39, 0.29) is 5.54 Å². The Morgan fingerprint density at radius 1 is 1.26 bits per heavy atom. The van der Waals surface area contributed by atoms with E-state index in [2.05, 4.69) is 29.8 Å². The smallest absolute Gasteiger partial charge is 0.0694 e. The number of nitrogens with two attached hydrogens (primary N) is 1. The third-order valence-electron chi connectivity index (χ3n) is 3.76. The van der Waals surface area contributed by atoms with Gasteiger partial charge in [-0.25, -0.2) is 0 Å². The minimum atomic E-state index is -0.00936. The molecule has 0 amide bonds. The lowest BCUT2D eigenvalue weighted by molar-refractivity contribution is 0.0646. The number of fused-ring (bicyclic) bond motifs is 1. The van der Waals surface area contributed by atoms with Gasteiger partial charge in [0.15, 0.2) is 0 Å². The fourth-order valence-electron chi connectivity index (χ4n) is 2.74. The average Bonchev–Trinajstić information content (AvgIpc) is 2.40. The Morgan fingerprint density at radius 3 is 2.89 bits per heavy atom. The minimum absolute atomic E-state index is 0.00936. The van der Waals surface area contributed by atoms with Crippen LogP contribution in [0.15, 0.2) is 30.6 Å². The number of hydrogen-bond acceptors (Lipinski definition) is 4. The van der Waals surface area contributed by atoms with Gasteiger partial charge in [0.2, 0.25) is 0 Å². The van der Waals surface area contributed by atoms with Gasteiger partial charge in [-0.05, 0) is 32.0 Å². The van der Waals surface area contributed by atoms with Gasteiger partial charge in [0.25, 0.3) is 0 Å². The van der Waals surface area contributed by atoms with Crippen molar-refractivity contribution in [3.05, 3.63) is 30.6 Å². The topological polar surface area (TPSA) is 51.4 Å². The van der Waals surface area contributed by atoms with E-state index in [1.165, 1.54) is 5.69 Å². The number of morpholine rings is 1. The van der Waals surface area contributed by atoms with E-state index in [9.17, 15) is 0 Å². The predicted molar refractivity (Wildman–Crippen MR) is 78.4 cm³/mol. The second kappa shape index (κ2) is 4.38. The minimum Gasteiger partial charge on any atom is -0.398 e. The molecule has 0 radical (unpaired) electrons. The summed E-state index contributed by atoms with van der Waals surface area (Å²) in [5.74, 6) is 0. The number of aromatic nitrogens is 1. The molecule has 2 heterocycles. The summed E-state index contributed by atoms with van der Waals surface area (Å²) in [6.07, 6.45) is 3.65. The summed E-state index contributed by atoms with van der Waals surface area (Å²) in [6.45, 7) is 6.81. The van der Waals surface area contributed by atoms with Crippen LogP contribution in [0.4, 0.5) is 11.4 Å². The van der Waals surface area contributed by atoms with E-state index < -0.39 is 0 Å². The highest BCUT2D eigenvalue weighted by Gasteiger charge is 2.31. The Labute approximate surface area is 113 Å². The monoisotopic (exact) mass is 257 g/mol. The fourth-order valence-corrected chi connectivity index (χ4v) is 2.74. The molecule has 1 aliphatic rings. The lowest BCUT2D eigenvalue weighted by Crippen LogP contribution is -2.53. The first-order chi connectivity index (χ1) is 9.09. The predicted octanol–water partition coefficient (Wildman–Crippen LogP) is 2.43. The molecule has 0 unspecified atom stereocenters. The molecule has 2 N–H and O–H groups in total. The average molecular weight is 257 g/mol. The van der Waals surface area contributed by atoms with Crippen LogP contribution in [0.25, 0.3) is 10.8 Å². The van der Waals surface area contributed by atoms with E-state index in [1.807, 2.05) is 24.5 Å². The van der Waals surface area contributed by atoms with E-state index in [0.717, 1.165) is 36.2 Å². The van der Waals surface area contributed by atoms with Crippen molar-refractivity contribution in [2.24, 2.45) is 0 Å². The van der Waals surface area contributed by atoms with Crippen LogP contribution in [-0.4, -0.2) is 30.3 Å². The maximum absolute atomic E-state index is 6.04. The number of hydrogen-bond donors (Lipinski definition) is 1. The Bertz CT molecular complexity index is 609. The van der Waals surface area contributed by atoms with Crippen molar-refractivity contribution in [2.45, 2.75) is 19.4 Å². The van der Waals surface area contributed by atoms with Crippen LogP contribution in [0.5, 0.6) is 0 Å². The Balaban J connectivity index is 2.17. The molecule has 19 heavy (non-hydrogen) atoms. The maximum Gasteiger partial charge on any atom is 0.0694 e. The second-order valence-electron chi connectivity index (χ2n) is 5.61. The molecule has 4 heteroatoms. The van der Waals surface area contributed by atoms with Crippen molar-refractivity contribution in [3.8, 4) is 0 Å². The third-order valence-corrected chi connectivity index (χ3v) is 3.76. The van der Waals surface area contributed by atoms with Gasteiger partial charge in [0, 0.05) is 41.1 Å². The summed E-state index contributed by atoms with van der Waals surface area (Å²) in [5.41, 5.74) is 8.01. The molecule has 2 aromatic rings. The highest BCUT2D eigenvalue weighted by molar-refractivity contribution is 6.01. The highest BCUT2D eigenvalue weighted by Crippen LogP contribution is 2.35. The molecular weight excluding hydrogens is 238 g/mol. The lowest BCUT2D eigenvalue weighted by Gasteiger charge is -2.44. The van der Waals surface area contributed by atoms with Gasteiger partial charge in [-0.15, -0.1) is 0 Å². The number of benzene rings is 1. The summed E-state index contributed by atoms with van der Waals surface area (Å²) < 4.78 is 5.59. The van der Waals surface area contributed by atoms with Gasteiger partial charge in [-0.2, -0.15) is 0 Å².